The van der Waals surface area contributed by atoms with E-state index < -0.39 is 0 Å². The minimum atomic E-state index is -0.00431. The van der Waals surface area contributed by atoms with Crippen LogP contribution in [0.4, 0.5) is 0 Å². The molecule has 0 saturated heterocycles. The highest BCUT2D eigenvalue weighted by Gasteiger charge is 2.27. The Labute approximate surface area is 336 Å². The highest BCUT2D eigenvalue weighted by Crippen LogP contribution is 2.44. The van der Waals surface area contributed by atoms with Crippen molar-refractivity contribution < 1.29 is 0 Å². The monoisotopic (exact) mass is 757 g/mol. The fraction of sp³-hybridized carbons (Fsp3) is 0.385. The number of nitrogens with zero attached hydrogens (tertiary/aromatic N) is 1. The molecule has 3 heterocycles. The molecule has 0 saturated carbocycles. The van der Waals surface area contributed by atoms with Crippen LogP contribution in [0.3, 0.4) is 0 Å². The van der Waals surface area contributed by atoms with Crippen molar-refractivity contribution in [1.29, 1.82) is 0 Å². The number of aromatic nitrogens is 3. The molecular formula is C52H59N3O2. The van der Waals surface area contributed by atoms with Crippen LogP contribution in [0.15, 0.2) is 88.5 Å². The Kier molecular flexibility index (Phi) is 11.4. The Balaban J connectivity index is 1.30. The highest BCUT2D eigenvalue weighted by molar-refractivity contribution is 6.12. The molecular weight excluding hydrogens is 699 g/mol. The van der Waals surface area contributed by atoms with E-state index >= 15 is 0 Å². The summed E-state index contributed by atoms with van der Waals surface area (Å²) in [4.78, 5) is 35.6. The average Bonchev–Trinajstić information content (AvgIpc) is 3.62. The fourth-order valence-electron chi connectivity index (χ4n) is 10.2. The molecule has 0 aliphatic heterocycles. The molecule has 8 rings (SSSR count). The maximum Gasteiger partial charge on any atom is 0.197 e. The number of benzene rings is 5. The van der Waals surface area contributed by atoms with Crippen LogP contribution in [0, 0.1) is 0 Å². The SMILES string of the molecule is CCCCC(CCCn1c2ccccc2c(=O)c2cc3[nH]c4ccccc4c(=O)c3cc21)c1c(CCC)c(CCC)c(CCC)c2c1[nH]c1cccc(CCC)c12. The van der Waals surface area contributed by atoms with Crippen molar-refractivity contribution in [1.82, 2.24) is 14.5 Å². The Morgan fingerprint density at radius 2 is 1.19 bits per heavy atom. The van der Waals surface area contributed by atoms with Crippen LogP contribution in [0.2, 0.25) is 0 Å². The standard InChI is InChI=1S/C52H59N3O2/c1-6-11-22-34(47-36(20-9-4)35(19-8-3)37(21-10-5)49-48-33(18-7-2)23-16-28-43(48)54-50(47)49)24-17-30-55-45-29-15-13-26-39(45)52(57)41-31-44-40(32-46(41)55)51(56)38-25-12-14-27-42(38)53-44/h12-16,23,25-29,31-32,34,54H,6-11,17-22,24,30H2,1-5H3,(H,53,56). The van der Waals surface area contributed by atoms with Gasteiger partial charge in [-0.1, -0.05) is 110 Å². The molecule has 5 heteroatoms. The summed E-state index contributed by atoms with van der Waals surface area (Å²) in [5, 5.41) is 5.61. The van der Waals surface area contributed by atoms with Crippen molar-refractivity contribution in [2.75, 3.05) is 0 Å². The van der Waals surface area contributed by atoms with E-state index in [-0.39, 0.29) is 10.9 Å². The molecule has 8 aromatic rings. The van der Waals surface area contributed by atoms with Crippen molar-refractivity contribution in [2.24, 2.45) is 0 Å². The lowest BCUT2D eigenvalue weighted by Crippen LogP contribution is -2.15. The quantitative estimate of drug-likeness (QED) is 0.0964. The number of H-pyrrole nitrogens is 2. The highest BCUT2D eigenvalue weighted by atomic mass is 16.1. The maximum atomic E-state index is 14.1. The second-order valence-corrected chi connectivity index (χ2v) is 16.5. The lowest BCUT2D eigenvalue weighted by atomic mass is 9.78. The van der Waals surface area contributed by atoms with Crippen LogP contribution in [-0.2, 0) is 32.2 Å². The summed E-state index contributed by atoms with van der Waals surface area (Å²) in [7, 11) is 0. The molecule has 0 spiro atoms. The van der Waals surface area contributed by atoms with E-state index in [2.05, 4.69) is 73.4 Å². The smallest absolute Gasteiger partial charge is 0.197 e. The number of hydrogen-bond acceptors (Lipinski definition) is 2. The fourth-order valence-corrected chi connectivity index (χ4v) is 10.2. The van der Waals surface area contributed by atoms with Gasteiger partial charge in [-0.15, -0.1) is 0 Å². The van der Waals surface area contributed by atoms with Gasteiger partial charge in [-0.05, 0) is 121 Å². The number of nitrogens with one attached hydrogen (secondary N) is 2. The third kappa shape index (κ3) is 6.87. The molecule has 1 atom stereocenters. The Bertz CT molecular complexity index is 2870. The van der Waals surface area contributed by atoms with Crippen LogP contribution in [0.1, 0.15) is 126 Å². The van der Waals surface area contributed by atoms with Crippen molar-refractivity contribution in [3.05, 3.63) is 127 Å². The van der Waals surface area contributed by atoms with Crippen LogP contribution >= 0.6 is 0 Å². The summed E-state index contributed by atoms with van der Waals surface area (Å²) in [5.41, 5.74) is 13.8. The second kappa shape index (κ2) is 16.7. The lowest BCUT2D eigenvalue weighted by molar-refractivity contribution is 0.504. The predicted molar refractivity (Wildman–Crippen MR) is 245 cm³/mol. The van der Waals surface area contributed by atoms with E-state index in [9.17, 15) is 9.59 Å². The molecule has 5 aromatic carbocycles. The Morgan fingerprint density at radius 3 is 1.96 bits per heavy atom. The van der Waals surface area contributed by atoms with E-state index in [1.54, 1.807) is 22.3 Å². The van der Waals surface area contributed by atoms with Crippen LogP contribution in [0.25, 0.3) is 65.4 Å². The molecule has 57 heavy (non-hydrogen) atoms. The number of aromatic amines is 2. The lowest BCUT2D eigenvalue weighted by Gasteiger charge is -2.27. The number of para-hydroxylation sites is 2. The zero-order valence-electron chi connectivity index (χ0n) is 34.7. The number of rotatable bonds is 16. The van der Waals surface area contributed by atoms with Gasteiger partial charge >= 0.3 is 0 Å². The third-order valence-corrected chi connectivity index (χ3v) is 12.6. The number of unbranched alkanes of at least 4 members (excludes halogenated alkanes) is 1. The summed E-state index contributed by atoms with van der Waals surface area (Å²) >= 11 is 0. The van der Waals surface area contributed by atoms with E-state index in [0.717, 1.165) is 106 Å². The first kappa shape index (κ1) is 38.7. The molecule has 0 fully saturated rings. The van der Waals surface area contributed by atoms with Crippen molar-refractivity contribution >= 4 is 65.4 Å². The van der Waals surface area contributed by atoms with Gasteiger partial charge in [-0.3, -0.25) is 9.59 Å². The first-order valence-corrected chi connectivity index (χ1v) is 22.0. The van der Waals surface area contributed by atoms with Gasteiger partial charge in [0, 0.05) is 49.9 Å². The van der Waals surface area contributed by atoms with Gasteiger partial charge in [-0.25, -0.2) is 0 Å². The molecule has 2 N–H and O–H groups in total. The summed E-state index contributed by atoms with van der Waals surface area (Å²) in [6.45, 7) is 12.4. The minimum Gasteiger partial charge on any atom is -0.354 e. The molecule has 0 amide bonds. The van der Waals surface area contributed by atoms with Gasteiger partial charge in [0.15, 0.2) is 10.9 Å². The summed E-state index contributed by atoms with van der Waals surface area (Å²) in [6.07, 6.45) is 14.4. The van der Waals surface area contributed by atoms with Crippen molar-refractivity contribution in [3.8, 4) is 0 Å². The first-order valence-electron chi connectivity index (χ1n) is 22.0. The van der Waals surface area contributed by atoms with Gasteiger partial charge in [0.1, 0.15) is 0 Å². The second-order valence-electron chi connectivity index (χ2n) is 16.5. The van der Waals surface area contributed by atoms with Gasteiger partial charge in [0.05, 0.1) is 22.1 Å². The largest absolute Gasteiger partial charge is 0.354 e. The summed E-state index contributed by atoms with van der Waals surface area (Å²) < 4.78 is 2.33. The molecule has 0 aliphatic carbocycles. The minimum absolute atomic E-state index is 0.00431. The molecule has 5 nitrogen and oxygen atoms in total. The molecule has 294 valence electrons. The van der Waals surface area contributed by atoms with E-state index in [4.69, 9.17) is 0 Å². The van der Waals surface area contributed by atoms with Gasteiger partial charge in [0.2, 0.25) is 0 Å². The van der Waals surface area contributed by atoms with Gasteiger partial charge in [0.25, 0.3) is 0 Å². The number of aryl methyl sites for hydroxylation is 3. The normalized spacial score (nSPS) is 12.6. The van der Waals surface area contributed by atoms with E-state index in [0.29, 0.717) is 27.6 Å². The maximum absolute atomic E-state index is 14.1. The molecule has 0 radical (unpaired) electrons. The van der Waals surface area contributed by atoms with Crippen molar-refractivity contribution in [3.63, 3.8) is 0 Å². The number of fused-ring (bicyclic) bond motifs is 7. The molecule has 0 bridgehead atoms. The Morgan fingerprint density at radius 1 is 0.526 bits per heavy atom. The molecule has 1 unspecified atom stereocenters. The predicted octanol–water partition coefficient (Wildman–Crippen LogP) is 13.3. The van der Waals surface area contributed by atoms with Gasteiger partial charge < -0.3 is 14.5 Å². The van der Waals surface area contributed by atoms with Crippen molar-refractivity contribution in [2.45, 2.75) is 131 Å². The summed E-state index contributed by atoms with van der Waals surface area (Å²) in [6, 6.07) is 26.5. The average molecular weight is 758 g/mol. The molecule has 0 aliphatic rings. The van der Waals surface area contributed by atoms with Crippen LogP contribution < -0.4 is 10.9 Å². The third-order valence-electron chi connectivity index (χ3n) is 12.6. The van der Waals surface area contributed by atoms with E-state index in [1.807, 2.05) is 54.6 Å². The topological polar surface area (TPSA) is 70.7 Å². The van der Waals surface area contributed by atoms with Crippen LogP contribution in [-0.4, -0.2) is 14.5 Å². The zero-order valence-corrected chi connectivity index (χ0v) is 34.7. The first-order chi connectivity index (χ1) is 27.9. The number of pyridine rings is 2. The number of hydrogen-bond donors (Lipinski definition) is 2. The van der Waals surface area contributed by atoms with E-state index in [1.165, 1.54) is 33.8 Å². The molecule has 3 aromatic heterocycles. The van der Waals surface area contributed by atoms with Crippen LogP contribution in [0.5, 0.6) is 0 Å². The zero-order chi connectivity index (χ0) is 39.6. The van der Waals surface area contributed by atoms with Gasteiger partial charge in [-0.2, -0.15) is 0 Å². The summed E-state index contributed by atoms with van der Waals surface area (Å²) in [5.74, 6) is 0.398. The Hall–Kier alpha value is -5.16.